The van der Waals surface area contributed by atoms with E-state index >= 15 is 0 Å². The van der Waals surface area contributed by atoms with E-state index in [1.807, 2.05) is 0 Å². The predicted octanol–water partition coefficient (Wildman–Crippen LogP) is 2.55. The van der Waals surface area contributed by atoms with Crippen LogP contribution in [0.5, 0.6) is 0 Å². The van der Waals surface area contributed by atoms with Crippen LogP contribution in [-0.4, -0.2) is 18.6 Å². The molecule has 0 fully saturated rings. The zero-order valence-corrected chi connectivity index (χ0v) is 8.86. The number of methoxy groups -OCH3 is 1. The molecule has 0 amide bonds. The van der Waals surface area contributed by atoms with E-state index < -0.39 is 0 Å². The molecule has 0 saturated carbocycles. The van der Waals surface area contributed by atoms with Crippen LogP contribution in [0.1, 0.15) is 11.1 Å². The monoisotopic (exact) mass is 194 g/mol. The molecule has 1 aromatic carbocycles. The van der Waals surface area contributed by atoms with Crippen molar-refractivity contribution in [3.8, 4) is 0 Å². The van der Waals surface area contributed by atoms with Crippen LogP contribution in [0.4, 0.5) is 0 Å². The van der Waals surface area contributed by atoms with Gasteiger partial charge in [0.25, 0.3) is 0 Å². The molecule has 0 aliphatic carbocycles. The van der Waals surface area contributed by atoms with Crippen LogP contribution >= 0.6 is 12.2 Å². The largest absolute Gasteiger partial charge is 0.379 e. The summed E-state index contributed by atoms with van der Waals surface area (Å²) >= 11 is 5.14. The van der Waals surface area contributed by atoms with Crippen molar-refractivity contribution in [1.82, 2.24) is 0 Å². The zero-order chi connectivity index (χ0) is 9.68. The van der Waals surface area contributed by atoms with Gasteiger partial charge in [0.15, 0.2) is 0 Å². The molecule has 1 aromatic rings. The van der Waals surface area contributed by atoms with Crippen LogP contribution in [0.2, 0.25) is 0 Å². The standard InChI is InChI=1S/C11H14OS/c1-9-3-5-10(6-4-9)7-11(13)8-12-2/h3-6H,7-8H2,1-2H3. The van der Waals surface area contributed by atoms with Crippen molar-refractivity contribution in [3.63, 3.8) is 0 Å². The van der Waals surface area contributed by atoms with Gasteiger partial charge in [-0.3, -0.25) is 0 Å². The summed E-state index contributed by atoms with van der Waals surface area (Å²) < 4.78 is 4.96. The maximum atomic E-state index is 5.14. The molecule has 0 spiro atoms. The third-order valence-electron chi connectivity index (χ3n) is 1.83. The lowest BCUT2D eigenvalue weighted by atomic mass is 10.1. The minimum atomic E-state index is 0.573. The molecule has 0 unspecified atom stereocenters. The fourth-order valence-corrected chi connectivity index (χ4v) is 1.43. The number of rotatable bonds is 4. The second-order valence-electron chi connectivity index (χ2n) is 3.13. The lowest BCUT2D eigenvalue weighted by Crippen LogP contribution is -2.07. The molecule has 0 bridgehead atoms. The topological polar surface area (TPSA) is 9.23 Å². The van der Waals surface area contributed by atoms with Gasteiger partial charge in [0, 0.05) is 18.4 Å². The Balaban J connectivity index is 2.54. The maximum Gasteiger partial charge on any atom is 0.0778 e. The van der Waals surface area contributed by atoms with Crippen LogP contribution < -0.4 is 0 Å². The SMILES string of the molecule is COCC(=S)Cc1ccc(C)cc1. The van der Waals surface area contributed by atoms with E-state index in [1.165, 1.54) is 11.1 Å². The third-order valence-corrected chi connectivity index (χ3v) is 2.09. The van der Waals surface area contributed by atoms with Crippen molar-refractivity contribution in [2.24, 2.45) is 0 Å². The summed E-state index contributed by atoms with van der Waals surface area (Å²) in [5, 5.41) is 0. The van der Waals surface area contributed by atoms with Crippen molar-refractivity contribution in [1.29, 1.82) is 0 Å². The van der Waals surface area contributed by atoms with Gasteiger partial charge in [0.05, 0.1) is 6.61 Å². The van der Waals surface area contributed by atoms with E-state index in [0.717, 1.165) is 11.3 Å². The molecular formula is C11H14OS. The van der Waals surface area contributed by atoms with Crippen molar-refractivity contribution in [3.05, 3.63) is 35.4 Å². The third kappa shape index (κ3) is 3.66. The Labute approximate surface area is 84.7 Å². The number of hydrogen-bond acceptors (Lipinski definition) is 2. The number of ether oxygens (including phenoxy) is 1. The quantitative estimate of drug-likeness (QED) is 0.681. The number of aryl methyl sites for hydroxylation is 1. The molecule has 0 saturated heterocycles. The van der Waals surface area contributed by atoms with Gasteiger partial charge in [0.1, 0.15) is 0 Å². The molecule has 2 heteroatoms. The molecule has 0 aliphatic heterocycles. The Kier molecular flexibility index (Phi) is 4.06. The molecule has 70 valence electrons. The van der Waals surface area contributed by atoms with Gasteiger partial charge in [-0.1, -0.05) is 42.0 Å². The highest BCUT2D eigenvalue weighted by Crippen LogP contribution is 2.04. The van der Waals surface area contributed by atoms with Crippen molar-refractivity contribution in [2.45, 2.75) is 13.3 Å². The molecule has 0 atom stereocenters. The first-order chi connectivity index (χ1) is 6.22. The number of thiocarbonyl (C=S) groups is 1. The first-order valence-corrected chi connectivity index (χ1v) is 4.69. The molecule has 0 aromatic heterocycles. The van der Waals surface area contributed by atoms with Gasteiger partial charge in [-0.25, -0.2) is 0 Å². The maximum absolute atomic E-state index is 5.14. The summed E-state index contributed by atoms with van der Waals surface area (Å²) in [5.41, 5.74) is 2.54. The highest BCUT2D eigenvalue weighted by Gasteiger charge is 1.98. The Morgan fingerprint density at radius 1 is 1.31 bits per heavy atom. The Morgan fingerprint density at radius 3 is 2.46 bits per heavy atom. The average molecular weight is 194 g/mol. The highest BCUT2D eigenvalue weighted by molar-refractivity contribution is 7.80. The molecule has 0 radical (unpaired) electrons. The number of benzene rings is 1. The van der Waals surface area contributed by atoms with Gasteiger partial charge >= 0.3 is 0 Å². The molecule has 0 heterocycles. The second-order valence-corrected chi connectivity index (χ2v) is 3.71. The summed E-state index contributed by atoms with van der Waals surface area (Å²) in [7, 11) is 1.67. The van der Waals surface area contributed by atoms with E-state index in [4.69, 9.17) is 17.0 Å². The molecule has 1 rings (SSSR count). The van der Waals surface area contributed by atoms with E-state index in [9.17, 15) is 0 Å². The van der Waals surface area contributed by atoms with Gasteiger partial charge in [-0.15, -0.1) is 0 Å². The van der Waals surface area contributed by atoms with Crippen LogP contribution in [0, 0.1) is 6.92 Å². The Morgan fingerprint density at radius 2 is 1.92 bits per heavy atom. The molecule has 0 N–H and O–H groups in total. The van der Waals surface area contributed by atoms with E-state index in [0.29, 0.717) is 6.61 Å². The first-order valence-electron chi connectivity index (χ1n) is 4.28. The van der Waals surface area contributed by atoms with Crippen LogP contribution in [0.25, 0.3) is 0 Å². The van der Waals surface area contributed by atoms with Gasteiger partial charge in [-0.05, 0) is 12.5 Å². The summed E-state index contributed by atoms with van der Waals surface area (Å²) in [4.78, 5) is 0.950. The second kappa shape index (κ2) is 5.10. The summed E-state index contributed by atoms with van der Waals surface area (Å²) in [6.45, 7) is 2.65. The van der Waals surface area contributed by atoms with E-state index in [1.54, 1.807) is 7.11 Å². The minimum Gasteiger partial charge on any atom is -0.379 e. The molecule has 1 nitrogen and oxygen atoms in total. The van der Waals surface area contributed by atoms with E-state index in [2.05, 4.69) is 31.2 Å². The molecule has 13 heavy (non-hydrogen) atoms. The van der Waals surface area contributed by atoms with Crippen LogP contribution in [0.3, 0.4) is 0 Å². The molecule has 0 aliphatic rings. The molecular weight excluding hydrogens is 180 g/mol. The summed E-state index contributed by atoms with van der Waals surface area (Å²) in [6, 6.07) is 8.42. The lowest BCUT2D eigenvalue weighted by molar-refractivity contribution is 0.246. The lowest BCUT2D eigenvalue weighted by Gasteiger charge is -2.02. The normalized spacial score (nSPS) is 10.0. The predicted molar refractivity (Wildman–Crippen MR) is 59.4 cm³/mol. The minimum absolute atomic E-state index is 0.573. The van der Waals surface area contributed by atoms with Crippen molar-refractivity contribution in [2.75, 3.05) is 13.7 Å². The fraction of sp³-hybridized carbons (Fsp3) is 0.364. The highest BCUT2D eigenvalue weighted by atomic mass is 32.1. The van der Waals surface area contributed by atoms with Gasteiger partial charge in [-0.2, -0.15) is 0 Å². The van der Waals surface area contributed by atoms with Crippen molar-refractivity contribution < 1.29 is 4.74 Å². The first kappa shape index (κ1) is 10.4. The summed E-state index contributed by atoms with van der Waals surface area (Å²) in [6.07, 6.45) is 0.837. The van der Waals surface area contributed by atoms with Gasteiger partial charge < -0.3 is 4.74 Å². The fourth-order valence-electron chi connectivity index (χ4n) is 1.15. The van der Waals surface area contributed by atoms with E-state index in [-0.39, 0.29) is 0 Å². The van der Waals surface area contributed by atoms with Gasteiger partial charge in [0.2, 0.25) is 0 Å². The van der Waals surface area contributed by atoms with Crippen molar-refractivity contribution >= 4 is 17.1 Å². The number of hydrogen-bond donors (Lipinski definition) is 0. The zero-order valence-electron chi connectivity index (χ0n) is 8.04. The smallest absolute Gasteiger partial charge is 0.0778 e. The average Bonchev–Trinajstić information content (AvgIpc) is 2.09. The van der Waals surface area contributed by atoms with Crippen LogP contribution in [0.15, 0.2) is 24.3 Å². The Bertz CT molecular complexity index is 277. The summed E-state index contributed by atoms with van der Waals surface area (Å²) in [5.74, 6) is 0. The van der Waals surface area contributed by atoms with Crippen LogP contribution in [-0.2, 0) is 11.2 Å². The Hall–Kier alpha value is -0.730.